The molecule has 3 aromatic heterocycles. The molecule has 0 bridgehead atoms. The second kappa shape index (κ2) is 5.91. The minimum Gasteiger partial charge on any atom is -0.323 e. The van der Waals surface area contributed by atoms with Crippen molar-refractivity contribution in [2.24, 2.45) is 7.05 Å². The summed E-state index contributed by atoms with van der Waals surface area (Å²) in [5.74, 6) is 0.382. The largest absolute Gasteiger partial charge is 0.433 e. The summed E-state index contributed by atoms with van der Waals surface area (Å²) in [6.45, 7) is 1.84. The molecule has 9 heteroatoms. The highest BCUT2D eigenvalue weighted by Crippen LogP contribution is 2.31. The lowest BCUT2D eigenvalue weighted by Gasteiger charge is -2.11. The van der Waals surface area contributed by atoms with Crippen molar-refractivity contribution >= 4 is 11.6 Å². The second-order valence-corrected chi connectivity index (χ2v) is 5.12. The van der Waals surface area contributed by atoms with Crippen molar-refractivity contribution in [3.63, 3.8) is 0 Å². The van der Waals surface area contributed by atoms with Gasteiger partial charge in [0.2, 0.25) is 0 Å². The van der Waals surface area contributed by atoms with Crippen molar-refractivity contribution in [3.05, 3.63) is 48.0 Å². The van der Waals surface area contributed by atoms with Crippen LogP contribution in [0.1, 0.15) is 11.4 Å². The van der Waals surface area contributed by atoms with Gasteiger partial charge in [0.25, 0.3) is 0 Å². The number of nitrogens with zero attached hydrogens (tertiary/aromatic N) is 5. The van der Waals surface area contributed by atoms with Gasteiger partial charge in [0, 0.05) is 42.8 Å². The molecule has 0 aromatic carbocycles. The Morgan fingerprint density at radius 1 is 1.04 bits per heavy atom. The molecule has 124 valence electrons. The van der Waals surface area contributed by atoms with Crippen LogP contribution in [0.5, 0.6) is 0 Å². The number of anilines is 2. The van der Waals surface area contributed by atoms with E-state index in [4.69, 9.17) is 0 Å². The highest BCUT2D eigenvalue weighted by atomic mass is 19.4. The number of halogens is 3. The molecule has 0 fully saturated rings. The SMILES string of the molecule is Cc1cc(Nc2cc(C(F)(F)F)nc(-c3ccncc3)n2)nn1C. The fourth-order valence-electron chi connectivity index (χ4n) is 2.04. The van der Waals surface area contributed by atoms with Gasteiger partial charge in [-0.2, -0.15) is 18.3 Å². The first kappa shape index (κ1) is 15.9. The summed E-state index contributed by atoms with van der Waals surface area (Å²) >= 11 is 0. The van der Waals surface area contributed by atoms with Crippen molar-refractivity contribution in [1.29, 1.82) is 0 Å². The molecule has 1 N–H and O–H groups in total. The van der Waals surface area contributed by atoms with Crippen LogP contribution in [-0.4, -0.2) is 24.7 Å². The minimum atomic E-state index is -4.58. The third kappa shape index (κ3) is 3.34. The fourth-order valence-corrected chi connectivity index (χ4v) is 2.04. The Bertz CT molecular complexity index is 838. The van der Waals surface area contributed by atoms with Crippen LogP contribution in [0.3, 0.4) is 0 Å². The highest BCUT2D eigenvalue weighted by molar-refractivity contribution is 5.60. The monoisotopic (exact) mass is 334 g/mol. The van der Waals surface area contributed by atoms with Crippen LogP contribution in [0, 0.1) is 6.92 Å². The molecule has 0 aliphatic carbocycles. The van der Waals surface area contributed by atoms with Crippen molar-refractivity contribution < 1.29 is 13.2 Å². The number of aromatic nitrogens is 5. The number of pyridine rings is 1. The molecule has 6 nitrogen and oxygen atoms in total. The van der Waals surface area contributed by atoms with Crippen LogP contribution in [-0.2, 0) is 13.2 Å². The van der Waals surface area contributed by atoms with Crippen LogP contribution in [0.2, 0.25) is 0 Å². The molecule has 0 atom stereocenters. The number of rotatable bonds is 3. The molecular formula is C15H13F3N6. The third-order valence-electron chi connectivity index (χ3n) is 3.33. The highest BCUT2D eigenvalue weighted by Gasteiger charge is 2.34. The van der Waals surface area contributed by atoms with E-state index in [2.05, 4.69) is 25.4 Å². The topological polar surface area (TPSA) is 68.5 Å². The van der Waals surface area contributed by atoms with Crippen LogP contribution in [0.15, 0.2) is 36.7 Å². The van der Waals surface area contributed by atoms with Gasteiger partial charge in [0.05, 0.1) is 0 Å². The van der Waals surface area contributed by atoms with Gasteiger partial charge < -0.3 is 5.32 Å². The van der Waals surface area contributed by atoms with Gasteiger partial charge in [-0.05, 0) is 19.1 Å². The molecule has 0 radical (unpaired) electrons. The van der Waals surface area contributed by atoms with Gasteiger partial charge in [-0.25, -0.2) is 9.97 Å². The van der Waals surface area contributed by atoms with E-state index < -0.39 is 11.9 Å². The summed E-state index contributed by atoms with van der Waals surface area (Å²) in [6.07, 6.45) is -1.65. The quantitative estimate of drug-likeness (QED) is 0.795. The number of aryl methyl sites for hydroxylation is 2. The zero-order valence-electron chi connectivity index (χ0n) is 12.8. The molecule has 0 aliphatic rings. The lowest BCUT2D eigenvalue weighted by Crippen LogP contribution is -2.11. The lowest BCUT2D eigenvalue weighted by molar-refractivity contribution is -0.141. The van der Waals surface area contributed by atoms with E-state index in [1.807, 2.05) is 6.92 Å². The normalized spacial score (nSPS) is 11.5. The number of hydrogen-bond acceptors (Lipinski definition) is 5. The van der Waals surface area contributed by atoms with Gasteiger partial charge in [-0.15, -0.1) is 0 Å². The van der Waals surface area contributed by atoms with Crippen molar-refractivity contribution in [2.45, 2.75) is 13.1 Å². The maximum atomic E-state index is 13.1. The fraction of sp³-hybridized carbons (Fsp3) is 0.200. The molecule has 0 spiro atoms. The molecule has 0 saturated carbocycles. The van der Waals surface area contributed by atoms with E-state index in [1.54, 1.807) is 29.9 Å². The smallest absolute Gasteiger partial charge is 0.323 e. The first-order valence-corrected chi connectivity index (χ1v) is 6.97. The first-order chi connectivity index (χ1) is 11.3. The van der Waals surface area contributed by atoms with Crippen molar-refractivity contribution in [3.8, 4) is 11.4 Å². The number of alkyl halides is 3. The van der Waals surface area contributed by atoms with Gasteiger partial charge >= 0.3 is 6.18 Å². The number of hydrogen-bond donors (Lipinski definition) is 1. The summed E-state index contributed by atoms with van der Waals surface area (Å²) in [4.78, 5) is 11.6. The van der Waals surface area contributed by atoms with E-state index in [0.717, 1.165) is 11.8 Å². The summed E-state index contributed by atoms with van der Waals surface area (Å²) in [7, 11) is 1.74. The molecule has 0 saturated heterocycles. The molecular weight excluding hydrogens is 321 g/mol. The predicted molar refractivity (Wildman–Crippen MR) is 81.5 cm³/mol. The third-order valence-corrected chi connectivity index (χ3v) is 3.33. The zero-order chi connectivity index (χ0) is 17.3. The standard InChI is InChI=1S/C15H13F3N6/c1-9-7-13(23-24(9)2)21-12-8-11(15(16,17)18)20-14(22-12)10-3-5-19-6-4-10/h3-8H,1-2H3,(H,20,21,22,23). The molecule has 0 aliphatic heterocycles. The molecule has 0 unspecified atom stereocenters. The lowest BCUT2D eigenvalue weighted by atomic mass is 10.2. The maximum absolute atomic E-state index is 13.1. The molecule has 0 amide bonds. The van der Waals surface area contributed by atoms with Crippen molar-refractivity contribution in [1.82, 2.24) is 24.7 Å². The van der Waals surface area contributed by atoms with E-state index in [9.17, 15) is 13.2 Å². The van der Waals surface area contributed by atoms with Crippen LogP contribution in [0.25, 0.3) is 11.4 Å². The Labute approximate surface area is 135 Å². The molecule has 3 rings (SSSR count). The van der Waals surface area contributed by atoms with Gasteiger partial charge in [-0.1, -0.05) is 0 Å². The average molecular weight is 334 g/mol. The van der Waals surface area contributed by atoms with Crippen LogP contribution in [0.4, 0.5) is 24.8 Å². The Morgan fingerprint density at radius 2 is 1.75 bits per heavy atom. The molecule has 3 aromatic rings. The van der Waals surface area contributed by atoms with E-state index in [0.29, 0.717) is 11.4 Å². The summed E-state index contributed by atoms with van der Waals surface area (Å²) in [5, 5.41) is 6.94. The van der Waals surface area contributed by atoms with E-state index >= 15 is 0 Å². The summed E-state index contributed by atoms with van der Waals surface area (Å²) in [6, 6.07) is 5.66. The van der Waals surface area contributed by atoms with E-state index in [-0.39, 0.29) is 11.6 Å². The Balaban J connectivity index is 2.05. The summed E-state index contributed by atoms with van der Waals surface area (Å²) in [5.41, 5.74) is 0.271. The first-order valence-electron chi connectivity index (χ1n) is 6.97. The zero-order valence-corrected chi connectivity index (χ0v) is 12.8. The second-order valence-electron chi connectivity index (χ2n) is 5.12. The Kier molecular flexibility index (Phi) is 3.92. The maximum Gasteiger partial charge on any atom is 0.433 e. The van der Waals surface area contributed by atoms with E-state index in [1.165, 1.54) is 12.4 Å². The van der Waals surface area contributed by atoms with Gasteiger partial charge in [0.15, 0.2) is 17.3 Å². The number of nitrogens with one attached hydrogen (secondary N) is 1. The Morgan fingerprint density at radius 3 is 2.33 bits per heavy atom. The summed E-state index contributed by atoms with van der Waals surface area (Å²) < 4.78 is 41.0. The van der Waals surface area contributed by atoms with Gasteiger partial charge in [0.1, 0.15) is 5.82 Å². The van der Waals surface area contributed by atoms with Crippen molar-refractivity contribution in [2.75, 3.05) is 5.32 Å². The van der Waals surface area contributed by atoms with Gasteiger partial charge in [-0.3, -0.25) is 9.67 Å². The molecule has 24 heavy (non-hydrogen) atoms. The minimum absolute atomic E-state index is 0.0160. The Hall–Kier alpha value is -2.97. The predicted octanol–water partition coefficient (Wildman–Crippen LogP) is 3.34. The molecule has 3 heterocycles. The van der Waals surface area contributed by atoms with Crippen LogP contribution < -0.4 is 5.32 Å². The average Bonchev–Trinajstić information content (AvgIpc) is 2.85. The van der Waals surface area contributed by atoms with Crippen LogP contribution >= 0.6 is 0 Å².